The highest BCUT2D eigenvalue weighted by Gasteiger charge is 2.16. The average Bonchev–Trinajstić information content (AvgIpc) is 2.46. The number of aryl methyl sites for hydroxylation is 1. The van der Waals surface area contributed by atoms with Gasteiger partial charge in [0, 0.05) is 12.6 Å². The third-order valence-corrected chi connectivity index (χ3v) is 3.16. The van der Waals surface area contributed by atoms with Crippen LogP contribution in [-0.4, -0.2) is 9.67 Å². The molecule has 6 heteroatoms. The van der Waals surface area contributed by atoms with Crippen LogP contribution in [0.5, 0.6) is 5.88 Å². The van der Waals surface area contributed by atoms with Gasteiger partial charge in [0.1, 0.15) is 11.6 Å². The van der Waals surface area contributed by atoms with E-state index in [0.717, 1.165) is 10.1 Å². The average molecular weight is 282 g/mol. The lowest BCUT2D eigenvalue weighted by molar-refractivity contribution is 0.421. The smallest absolute Gasteiger partial charge is 0.281 e. The number of aromatic nitrogens is 1. The molecule has 0 radical (unpaired) electrons. The van der Waals surface area contributed by atoms with Crippen molar-refractivity contribution in [1.82, 2.24) is 4.57 Å². The van der Waals surface area contributed by atoms with E-state index in [1.165, 1.54) is 7.05 Å². The van der Waals surface area contributed by atoms with Crippen molar-refractivity contribution in [1.29, 1.82) is 5.26 Å². The Morgan fingerprint density at radius 2 is 2.00 bits per heavy atom. The van der Waals surface area contributed by atoms with Crippen LogP contribution in [0.3, 0.4) is 0 Å². The van der Waals surface area contributed by atoms with Gasteiger partial charge in [0.15, 0.2) is 5.69 Å². The lowest BCUT2D eigenvalue weighted by Gasteiger charge is -2.08. The fourth-order valence-corrected chi connectivity index (χ4v) is 1.92. The maximum Gasteiger partial charge on any atom is 0.281 e. The number of hydrogen-bond acceptors (Lipinski definition) is 5. The molecule has 0 amide bonds. The van der Waals surface area contributed by atoms with Gasteiger partial charge in [0.2, 0.25) is 5.88 Å². The minimum atomic E-state index is -0.500. The van der Waals surface area contributed by atoms with Crippen LogP contribution in [0.1, 0.15) is 16.7 Å². The molecule has 0 aliphatic heterocycles. The van der Waals surface area contributed by atoms with Crippen molar-refractivity contribution >= 4 is 11.4 Å². The van der Waals surface area contributed by atoms with Gasteiger partial charge in [0.05, 0.1) is 5.69 Å². The zero-order chi connectivity index (χ0) is 15.6. The number of benzene rings is 1. The van der Waals surface area contributed by atoms with E-state index in [4.69, 9.17) is 5.26 Å². The first-order valence-corrected chi connectivity index (χ1v) is 6.26. The van der Waals surface area contributed by atoms with E-state index in [0.29, 0.717) is 11.3 Å². The summed E-state index contributed by atoms with van der Waals surface area (Å²) in [7, 11) is 1.38. The molecule has 2 aromatic rings. The van der Waals surface area contributed by atoms with Gasteiger partial charge < -0.3 is 5.11 Å². The Hall–Kier alpha value is -2.94. The molecular formula is C15H14N4O2. The molecular weight excluding hydrogens is 268 g/mol. The van der Waals surface area contributed by atoms with E-state index in [1.807, 2.05) is 31.2 Å². The van der Waals surface area contributed by atoms with Gasteiger partial charge in [-0.15, -0.1) is 5.11 Å². The first kappa shape index (κ1) is 14.5. The molecule has 1 N–H and O–H groups in total. The summed E-state index contributed by atoms with van der Waals surface area (Å²) in [6.45, 7) is 3.49. The van der Waals surface area contributed by atoms with E-state index in [-0.39, 0.29) is 17.1 Å². The molecule has 2 rings (SSSR count). The number of nitrogens with zero attached hydrogens (tertiary/aromatic N) is 4. The molecule has 0 atom stereocenters. The number of rotatable bonds is 2. The molecule has 0 saturated carbocycles. The van der Waals surface area contributed by atoms with Crippen LogP contribution in [-0.2, 0) is 7.05 Å². The van der Waals surface area contributed by atoms with Crippen LogP contribution in [0.15, 0.2) is 39.3 Å². The molecule has 0 aliphatic carbocycles. The highest BCUT2D eigenvalue weighted by molar-refractivity contribution is 5.56. The van der Waals surface area contributed by atoms with Crippen LogP contribution >= 0.6 is 0 Å². The number of azo groups is 1. The molecule has 1 heterocycles. The molecule has 21 heavy (non-hydrogen) atoms. The van der Waals surface area contributed by atoms with Gasteiger partial charge in [-0.25, -0.2) is 0 Å². The third kappa shape index (κ3) is 2.67. The summed E-state index contributed by atoms with van der Waals surface area (Å²) in [6.07, 6.45) is 0. The molecule has 0 unspecified atom stereocenters. The van der Waals surface area contributed by atoms with Gasteiger partial charge in [-0.1, -0.05) is 12.1 Å². The fourth-order valence-electron chi connectivity index (χ4n) is 1.92. The fraction of sp³-hybridized carbons (Fsp3) is 0.200. The summed E-state index contributed by atoms with van der Waals surface area (Å²) in [5, 5.41) is 26.8. The molecule has 1 aromatic heterocycles. The van der Waals surface area contributed by atoms with Crippen molar-refractivity contribution in [2.45, 2.75) is 13.8 Å². The molecule has 6 nitrogen and oxygen atoms in total. The summed E-state index contributed by atoms with van der Waals surface area (Å²) in [6, 6.07) is 9.23. The lowest BCUT2D eigenvalue weighted by atomic mass is 10.1. The van der Waals surface area contributed by atoms with Gasteiger partial charge >= 0.3 is 0 Å². The van der Waals surface area contributed by atoms with Gasteiger partial charge in [-0.05, 0) is 31.5 Å². The van der Waals surface area contributed by atoms with Crippen LogP contribution in [0.25, 0.3) is 0 Å². The third-order valence-electron chi connectivity index (χ3n) is 3.16. The topological polar surface area (TPSA) is 90.7 Å². The molecule has 0 aliphatic rings. The lowest BCUT2D eigenvalue weighted by Crippen LogP contribution is -2.18. The first-order chi connectivity index (χ1) is 9.95. The quantitative estimate of drug-likeness (QED) is 0.858. The molecule has 0 saturated heterocycles. The van der Waals surface area contributed by atoms with Crippen molar-refractivity contribution in [3.05, 3.63) is 51.3 Å². The van der Waals surface area contributed by atoms with E-state index < -0.39 is 5.56 Å². The molecule has 0 spiro atoms. The Kier molecular flexibility index (Phi) is 3.85. The van der Waals surface area contributed by atoms with Crippen molar-refractivity contribution in [2.24, 2.45) is 17.3 Å². The van der Waals surface area contributed by atoms with Crippen molar-refractivity contribution in [2.75, 3.05) is 0 Å². The van der Waals surface area contributed by atoms with Crippen LogP contribution in [0.4, 0.5) is 11.4 Å². The standard InChI is InChI=1S/C15H14N4O2/c1-9-5-4-6-11(7-9)17-18-13-10(2)12(8-16)14(20)19(3)15(13)21/h4-7,20H,1-3H3. The maximum absolute atomic E-state index is 12.1. The minimum absolute atomic E-state index is 0.0234. The van der Waals surface area contributed by atoms with E-state index >= 15 is 0 Å². The number of aromatic hydroxyl groups is 1. The van der Waals surface area contributed by atoms with Gasteiger partial charge in [-0.3, -0.25) is 9.36 Å². The van der Waals surface area contributed by atoms with Crippen molar-refractivity contribution in [3.8, 4) is 11.9 Å². The zero-order valence-electron chi connectivity index (χ0n) is 12.0. The van der Waals surface area contributed by atoms with Crippen molar-refractivity contribution in [3.63, 3.8) is 0 Å². The minimum Gasteiger partial charge on any atom is -0.493 e. The van der Waals surface area contributed by atoms with E-state index in [9.17, 15) is 9.90 Å². The Balaban J connectivity index is 2.58. The summed E-state index contributed by atoms with van der Waals surface area (Å²) < 4.78 is 0.982. The zero-order valence-corrected chi connectivity index (χ0v) is 12.0. The molecule has 0 fully saturated rings. The highest BCUT2D eigenvalue weighted by atomic mass is 16.3. The van der Waals surface area contributed by atoms with E-state index in [2.05, 4.69) is 10.2 Å². The normalized spacial score (nSPS) is 10.8. The van der Waals surface area contributed by atoms with Crippen LogP contribution in [0.2, 0.25) is 0 Å². The van der Waals surface area contributed by atoms with Crippen LogP contribution in [0, 0.1) is 25.2 Å². The van der Waals surface area contributed by atoms with E-state index in [1.54, 1.807) is 13.0 Å². The summed E-state index contributed by atoms with van der Waals surface area (Å²) in [4.78, 5) is 12.1. The Morgan fingerprint density at radius 3 is 2.62 bits per heavy atom. The second-order valence-corrected chi connectivity index (χ2v) is 4.69. The molecule has 0 bridgehead atoms. The highest BCUT2D eigenvalue weighted by Crippen LogP contribution is 2.26. The Labute approximate surface area is 121 Å². The summed E-state index contributed by atoms with van der Waals surface area (Å²) in [5.41, 5.74) is 1.53. The predicted molar refractivity (Wildman–Crippen MR) is 78.2 cm³/mol. The largest absolute Gasteiger partial charge is 0.493 e. The maximum atomic E-state index is 12.1. The first-order valence-electron chi connectivity index (χ1n) is 6.26. The molecule has 106 valence electrons. The summed E-state index contributed by atoms with van der Waals surface area (Å²) in [5.74, 6) is -0.366. The second kappa shape index (κ2) is 5.59. The second-order valence-electron chi connectivity index (χ2n) is 4.69. The van der Waals surface area contributed by atoms with Gasteiger partial charge in [-0.2, -0.15) is 10.4 Å². The number of pyridine rings is 1. The SMILES string of the molecule is Cc1cccc(N=Nc2c(C)c(C#N)c(O)n(C)c2=O)c1. The predicted octanol–water partition coefficient (Wildman–Crippen LogP) is 2.99. The number of hydrogen-bond donors (Lipinski definition) is 1. The Morgan fingerprint density at radius 1 is 1.29 bits per heavy atom. The van der Waals surface area contributed by atoms with Crippen molar-refractivity contribution < 1.29 is 5.11 Å². The van der Waals surface area contributed by atoms with Gasteiger partial charge in [0.25, 0.3) is 5.56 Å². The van der Waals surface area contributed by atoms with Crippen LogP contribution < -0.4 is 5.56 Å². The summed E-state index contributed by atoms with van der Waals surface area (Å²) >= 11 is 0. The molecule has 1 aromatic carbocycles. The Bertz CT molecular complexity index is 829. The monoisotopic (exact) mass is 282 g/mol. The number of nitriles is 1.